The van der Waals surface area contributed by atoms with Gasteiger partial charge in [0.2, 0.25) is 0 Å². The van der Waals surface area contributed by atoms with Crippen molar-refractivity contribution < 1.29 is 0 Å². The third-order valence-electron chi connectivity index (χ3n) is 1.48. The Hall–Kier alpha value is -0.590. The Morgan fingerprint density at radius 3 is 2.92 bits per heavy atom. The van der Waals surface area contributed by atoms with E-state index >= 15 is 0 Å². The van der Waals surface area contributed by atoms with Crippen LogP contribution in [-0.2, 0) is 0 Å². The molecule has 0 aliphatic carbocycles. The normalized spacial score (nSPS) is 9.08. The van der Waals surface area contributed by atoms with E-state index in [1.807, 2.05) is 18.2 Å². The van der Waals surface area contributed by atoms with E-state index in [9.17, 15) is 0 Å². The molecule has 2 N–H and O–H groups in total. The Morgan fingerprint density at radius 2 is 2.23 bits per heavy atom. The summed E-state index contributed by atoms with van der Waals surface area (Å²) in [6.07, 6.45) is 0.787. The van der Waals surface area contributed by atoms with Crippen LogP contribution in [0.2, 0.25) is 0 Å². The molecule has 0 saturated carbocycles. The monoisotopic (exact) mass is 255 g/mol. The number of nitrogen functional groups attached to an aromatic ring is 1. The van der Waals surface area contributed by atoms with Gasteiger partial charge in [0.05, 0.1) is 0 Å². The molecule has 68 valence electrons. The first-order valence-electron chi connectivity index (χ1n) is 3.89. The predicted octanol–water partition coefficient (Wildman–Crippen LogP) is 2.70. The van der Waals surface area contributed by atoms with Crippen molar-refractivity contribution in [3.05, 3.63) is 28.2 Å². The van der Waals surface area contributed by atoms with Crippen molar-refractivity contribution in [1.29, 1.82) is 0 Å². The van der Waals surface area contributed by atoms with Gasteiger partial charge < -0.3 is 5.73 Å². The number of benzene rings is 1. The van der Waals surface area contributed by atoms with E-state index in [1.165, 1.54) is 0 Å². The Balaban J connectivity index is 2.89. The van der Waals surface area contributed by atoms with Gasteiger partial charge in [0.25, 0.3) is 0 Å². The number of nitrogens with two attached hydrogens (primary N) is 1. The van der Waals surface area contributed by atoms with E-state index in [1.54, 1.807) is 0 Å². The zero-order chi connectivity index (χ0) is 9.68. The highest BCUT2D eigenvalue weighted by atomic mass is 79.9. The lowest BCUT2D eigenvalue weighted by Gasteiger charge is -1.97. The molecule has 0 fully saturated rings. The van der Waals surface area contributed by atoms with E-state index in [0.29, 0.717) is 0 Å². The molecule has 1 aromatic carbocycles. The van der Waals surface area contributed by atoms with Crippen LogP contribution < -0.4 is 5.73 Å². The molecule has 0 bridgehead atoms. The number of hydrogen-bond donors (Lipinski definition) is 2. The molecule has 0 aliphatic heterocycles. The Morgan fingerprint density at radius 1 is 1.46 bits per heavy atom. The molecular formula is C10H10BrNS. The lowest BCUT2D eigenvalue weighted by atomic mass is 10.2. The summed E-state index contributed by atoms with van der Waals surface area (Å²) < 4.78 is 0.997. The second-order valence-electron chi connectivity index (χ2n) is 2.51. The Kier molecular flexibility index (Phi) is 4.20. The quantitative estimate of drug-likeness (QED) is 0.451. The highest BCUT2D eigenvalue weighted by Crippen LogP contribution is 2.17. The maximum absolute atomic E-state index is 5.73. The average Bonchev–Trinajstić information content (AvgIpc) is 2.11. The van der Waals surface area contributed by atoms with E-state index in [-0.39, 0.29) is 0 Å². The van der Waals surface area contributed by atoms with Crippen LogP contribution in [0.3, 0.4) is 0 Å². The number of halogens is 1. The van der Waals surface area contributed by atoms with Crippen LogP contribution in [0.25, 0.3) is 0 Å². The highest BCUT2D eigenvalue weighted by Gasteiger charge is 1.94. The van der Waals surface area contributed by atoms with Gasteiger partial charge in [-0.25, -0.2) is 0 Å². The number of anilines is 1. The lowest BCUT2D eigenvalue weighted by Crippen LogP contribution is -1.89. The first-order chi connectivity index (χ1) is 6.24. The Labute approximate surface area is 92.3 Å². The zero-order valence-electron chi connectivity index (χ0n) is 7.05. The SMILES string of the molecule is Nc1ccc(Br)cc1C#CCCS. The van der Waals surface area contributed by atoms with Crippen LogP contribution in [0.4, 0.5) is 5.69 Å². The van der Waals surface area contributed by atoms with Gasteiger partial charge in [-0.05, 0) is 18.2 Å². The van der Waals surface area contributed by atoms with Crippen LogP contribution >= 0.6 is 28.6 Å². The summed E-state index contributed by atoms with van der Waals surface area (Å²) in [5.74, 6) is 6.77. The summed E-state index contributed by atoms with van der Waals surface area (Å²) in [6, 6.07) is 5.66. The minimum Gasteiger partial charge on any atom is -0.398 e. The number of thiol groups is 1. The van der Waals surface area contributed by atoms with Crippen molar-refractivity contribution in [3.63, 3.8) is 0 Å². The molecule has 1 nitrogen and oxygen atoms in total. The summed E-state index contributed by atoms with van der Waals surface area (Å²) >= 11 is 7.44. The van der Waals surface area contributed by atoms with Crippen LogP contribution in [0.15, 0.2) is 22.7 Å². The smallest absolute Gasteiger partial charge is 0.0486 e. The fraction of sp³-hybridized carbons (Fsp3) is 0.200. The van der Waals surface area contributed by atoms with Gasteiger partial charge >= 0.3 is 0 Å². The Bertz CT molecular complexity index is 352. The summed E-state index contributed by atoms with van der Waals surface area (Å²) in [7, 11) is 0. The molecule has 0 spiro atoms. The second kappa shape index (κ2) is 5.21. The largest absolute Gasteiger partial charge is 0.398 e. The van der Waals surface area contributed by atoms with Gasteiger partial charge in [0, 0.05) is 27.9 Å². The molecule has 0 radical (unpaired) electrons. The van der Waals surface area contributed by atoms with Crippen molar-refractivity contribution >= 4 is 34.2 Å². The molecule has 0 saturated heterocycles. The van der Waals surface area contributed by atoms with E-state index < -0.39 is 0 Å². The van der Waals surface area contributed by atoms with Crippen LogP contribution in [0.1, 0.15) is 12.0 Å². The molecule has 0 unspecified atom stereocenters. The van der Waals surface area contributed by atoms with Crippen LogP contribution in [-0.4, -0.2) is 5.75 Å². The van der Waals surface area contributed by atoms with Crippen molar-refractivity contribution in [1.82, 2.24) is 0 Å². The third kappa shape index (κ3) is 3.33. The molecule has 3 heteroatoms. The average molecular weight is 256 g/mol. The molecular weight excluding hydrogens is 246 g/mol. The van der Waals surface area contributed by atoms with Crippen molar-refractivity contribution in [2.75, 3.05) is 11.5 Å². The van der Waals surface area contributed by atoms with E-state index in [2.05, 4.69) is 40.4 Å². The molecule has 0 atom stereocenters. The molecule has 13 heavy (non-hydrogen) atoms. The number of rotatable bonds is 1. The summed E-state index contributed by atoms with van der Waals surface area (Å²) in [6.45, 7) is 0. The maximum Gasteiger partial charge on any atom is 0.0486 e. The predicted molar refractivity (Wildman–Crippen MR) is 63.9 cm³/mol. The van der Waals surface area contributed by atoms with Crippen molar-refractivity contribution in [2.24, 2.45) is 0 Å². The topological polar surface area (TPSA) is 26.0 Å². The highest BCUT2D eigenvalue weighted by molar-refractivity contribution is 9.10. The van der Waals surface area contributed by atoms with Crippen molar-refractivity contribution in [3.8, 4) is 11.8 Å². The van der Waals surface area contributed by atoms with Gasteiger partial charge in [0.1, 0.15) is 0 Å². The molecule has 1 aromatic rings. The fourth-order valence-corrected chi connectivity index (χ4v) is 1.32. The summed E-state index contributed by atoms with van der Waals surface area (Å²) in [4.78, 5) is 0. The molecule has 1 rings (SSSR count). The maximum atomic E-state index is 5.73. The summed E-state index contributed by atoms with van der Waals surface area (Å²) in [5.41, 5.74) is 7.32. The third-order valence-corrected chi connectivity index (χ3v) is 2.19. The van der Waals surface area contributed by atoms with Crippen LogP contribution in [0, 0.1) is 11.8 Å². The minimum atomic E-state index is 0.717. The number of hydrogen-bond acceptors (Lipinski definition) is 2. The lowest BCUT2D eigenvalue weighted by molar-refractivity contribution is 1.31. The first-order valence-corrected chi connectivity index (χ1v) is 5.31. The molecule has 0 heterocycles. The second-order valence-corrected chi connectivity index (χ2v) is 3.87. The van der Waals surface area contributed by atoms with E-state index in [0.717, 1.165) is 27.9 Å². The van der Waals surface area contributed by atoms with Crippen LogP contribution in [0.5, 0.6) is 0 Å². The summed E-state index contributed by atoms with van der Waals surface area (Å²) in [5, 5.41) is 0. The van der Waals surface area contributed by atoms with Gasteiger partial charge in [0.15, 0.2) is 0 Å². The standard InChI is InChI=1S/C10H10BrNS/c11-9-4-5-10(12)8(7-9)3-1-2-6-13/h4-5,7,13H,2,6,12H2. The van der Waals surface area contributed by atoms with Crippen molar-refractivity contribution in [2.45, 2.75) is 6.42 Å². The van der Waals surface area contributed by atoms with Gasteiger partial charge in [-0.15, -0.1) is 0 Å². The van der Waals surface area contributed by atoms with Gasteiger partial charge in [-0.3, -0.25) is 0 Å². The fourth-order valence-electron chi connectivity index (χ4n) is 0.850. The van der Waals surface area contributed by atoms with Gasteiger partial charge in [-0.1, -0.05) is 27.8 Å². The minimum absolute atomic E-state index is 0.717. The van der Waals surface area contributed by atoms with Gasteiger partial charge in [-0.2, -0.15) is 12.6 Å². The van der Waals surface area contributed by atoms with E-state index in [4.69, 9.17) is 5.73 Å². The zero-order valence-corrected chi connectivity index (χ0v) is 9.53. The first kappa shape index (κ1) is 10.5. The molecule has 0 aliphatic rings. The molecule has 0 aromatic heterocycles. The molecule has 0 amide bonds.